The number of pyridine rings is 1. The number of nitrogens with two attached hydrogens (primary N) is 1. The first-order valence-corrected chi connectivity index (χ1v) is 6.54. The molecule has 0 fully saturated rings. The summed E-state index contributed by atoms with van der Waals surface area (Å²) >= 11 is 0. The number of hydrogen-bond donors (Lipinski definition) is 2. The predicted molar refractivity (Wildman–Crippen MR) is 93.1 cm³/mol. The average Bonchev–Trinajstić information content (AvgIpc) is 2.82. The quantitative estimate of drug-likeness (QED) is 0.423. The van der Waals surface area contributed by atoms with E-state index in [1.165, 1.54) is 0 Å². The molecule has 2 aromatic heterocycles. The fourth-order valence-corrected chi connectivity index (χ4v) is 1.93. The molecule has 0 amide bonds. The molecule has 7 nitrogen and oxygen atoms in total. The zero-order chi connectivity index (χ0) is 14.4. The molecule has 0 saturated carbocycles. The number of hydrogen-bond acceptors (Lipinski definition) is 4. The third kappa shape index (κ3) is 5.12. The molecule has 21 heavy (non-hydrogen) atoms. The molecular formula is C13H21IN6O. The molecule has 0 saturated heterocycles. The fraction of sp³-hybridized carbons (Fsp3) is 0.462. The van der Waals surface area contributed by atoms with Gasteiger partial charge >= 0.3 is 0 Å². The Kier molecular flexibility index (Phi) is 7.37. The van der Waals surface area contributed by atoms with Crippen molar-refractivity contribution in [2.24, 2.45) is 10.7 Å². The number of aromatic nitrogens is 3. The molecule has 2 rings (SSSR count). The standard InChI is InChI=1S/C13H20N6O.HI/c1-10(9-20-2)16-13(14)15-7-6-12-18-17-11-5-3-4-8-19(11)12;/h3-5,8,10H,6-7,9H2,1-2H3,(H3,14,15,16);1H. The summed E-state index contributed by atoms with van der Waals surface area (Å²) in [6.07, 6.45) is 2.63. The van der Waals surface area contributed by atoms with Crippen molar-refractivity contribution < 1.29 is 4.74 Å². The number of rotatable bonds is 6. The van der Waals surface area contributed by atoms with Gasteiger partial charge in [0.25, 0.3) is 0 Å². The van der Waals surface area contributed by atoms with Crippen LogP contribution in [0.5, 0.6) is 0 Å². The Balaban J connectivity index is 0.00000220. The van der Waals surface area contributed by atoms with E-state index in [-0.39, 0.29) is 30.0 Å². The van der Waals surface area contributed by atoms with Gasteiger partial charge < -0.3 is 15.8 Å². The second-order valence-corrected chi connectivity index (χ2v) is 4.56. The van der Waals surface area contributed by atoms with Crippen LogP contribution in [-0.2, 0) is 11.2 Å². The van der Waals surface area contributed by atoms with Gasteiger partial charge in [0.15, 0.2) is 11.6 Å². The van der Waals surface area contributed by atoms with Crippen molar-refractivity contribution >= 4 is 35.6 Å². The van der Waals surface area contributed by atoms with E-state index in [0.29, 0.717) is 25.5 Å². The summed E-state index contributed by atoms with van der Waals surface area (Å²) in [7, 11) is 1.65. The fourth-order valence-electron chi connectivity index (χ4n) is 1.93. The van der Waals surface area contributed by atoms with Crippen LogP contribution in [0.1, 0.15) is 12.7 Å². The van der Waals surface area contributed by atoms with Gasteiger partial charge in [-0.2, -0.15) is 0 Å². The van der Waals surface area contributed by atoms with Gasteiger partial charge in [-0.25, -0.2) is 0 Å². The Morgan fingerprint density at radius 1 is 1.48 bits per heavy atom. The molecule has 116 valence electrons. The Morgan fingerprint density at radius 2 is 2.29 bits per heavy atom. The summed E-state index contributed by atoms with van der Waals surface area (Å²) in [4.78, 5) is 4.27. The van der Waals surface area contributed by atoms with Crippen LogP contribution in [-0.4, -0.2) is 46.9 Å². The summed E-state index contributed by atoms with van der Waals surface area (Å²) in [5.74, 6) is 1.30. The zero-order valence-corrected chi connectivity index (χ0v) is 14.5. The molecule has 0 radical (unpaired) electrons. The summed E-state index contributed by atoms with van der Waals surface area (Å²) < 4.78 is 6.97. The predicted octanol–water partition coefficient (Wildman–Crippen LogP) is 0.829. The van der Waals surface area contributed by atoms with Gasteiger partial charge in [-0.3, -0.25) is 9.39 Å². The average molecular weight is 404 g/mol. The lowest BCUT2D eigenvalue weighted by molar-refractivity contribution is 0.179. The van der Waals surface area contributed by atoms with Crippen molar-refractivity contribution in [3.05, 3.63) is 30.2 Å². The number of aliphatic imine (C=N–C) groups is 1. The maximum atomic E-state index is 5.80. The Bertz CT molecular complexity index is 585. The number of halogens is 1. The first kappa shape index (κ1) is 17.6. The second-order valence-electron chi connectivity index (χ2n) is 4.56. The number of ether oxygens (including phenoxy) is 1. The first-order chi connectivity index (χ1) is 9.70. The maximum Gasteiger partial charge on any atom is 0.188 e. The van der Waals surface area contributed by atoms with Crippen molar-refractivity contribution in [1.82, 2.24) is 19.9 Å². The normalized spacial score (nSPS) is 13.0. The van der Waals surface area contributed by atoms with Crippen molar-refractivity contribution in [3.8, 4) is 0 Å². The number of methoxy groups -OCH3 is 1. The number of guanidine groups is 1. The van der Waals surface area contributed by atoms with Gasteiger partial charge in [-0.15, -0.1) is 34.2 Å². The van der Waals surface area contributed by atoms with Crippen LogP contribution in [0.3, 0.4) is 0 Å². The van der Waals surface area contributed by atoms with Crippen LogP contribution in [0.4, 0.5) is 0 Å². The van der Waals surface area contributed by atoms with Crippen LogP contribution < -0.4 is 11.1 Å². The molecule has 0 aliphatic rings. The zero-order valence-electron chi connectivity index (χ0n) is 12.2. The first-order valence-electron chi connectivity index (χ1n) is 6.54. The molecule has 2 aromatic rings. The van der Waals surface area contributed by atoms with Crippen molar-refractivity contribution in [2.45, 2.75) is 19.4 Å². The van der Waals surface area contributed by atoms with Gasteiger partial charge in [-0.1, -0.05) is 6.07 Å². The highest BCUT2D eigenvalue weighted by molar-refractivity contribution is 14.0. The molecule has 0 aromatic carbocycles. The number of fused-ring (bicyclic) bond motifs is 1. The van der Waals surface area contributed by atoms with Crippen LogP contribution >= 0.6 is 24.0 Å². The highest BCUT2D eigenvalue weighted by atomic mass is 127. The van der Waals surface area contributed by atoms with E-state index in [1.807, 2.05) is 35.7 Å². The van der Waals surface area contributed by atoms with E-state index < -0.39 is 0 Å². The highest BCUT2D eigenvalue weighted by Crippen LogP contribution is 2.03. The monoisotopic (exact) mass is 404 g/mol. The smallest absolute Gasteiger partial charge is 0.188 e. The SMILES string of the molecule is COCC(C)NC(N)=NCCc1nnc2ccccn12.I. The second kappa shape index (κ2) is 8.78. The maximum absolute atomic E-state index is 5.80. The molecule has 3 N–H and O–H groups in total. The molecule has 0 aliphatic carbocycles. The topological polar surface area (TPSA) is 89.8 Å². The van der Waals surface area contributed by atoms with Gasteiger partial charge in [0.1, 0.15) is 5.82 Å². The molecule has 1 atom stereocenters. The molecule has 2 heterocycles. The van der Waals surface area contributed by atoms with Gasteiger partial charge in [0.2, 0.25) is 0 Å². The highest BCUT2D eigenvalue weighted by Gasteiger charge is 2.04. The minimum Gasteiger partial charge on any atom is -0.383 e. The summed E-state index contributed by atoms with van der Waals surface area (Å²) in [5.41, 5.74) is 6.64. The van der Waals surface area contributed by atoms with Gasteiger partial charge in [-0.05, 0) is 19.1 Å². The third-order valence-corrected chi connectivity index (χ3v) is 2.81. The van der Waals surface area contributed by atoms with Crippen LogP contribution in [0.15, 0.2) is 29.4 Å². The third-order valence-electron chi connectivity index (χ3n) is 2.81. The molecule has 8 heteroatoms. The van der Waals surface area contributed by atoms with Crippen molar-refractivity contribution in [3.63, 3.8) is 0 Å². The molecular weight excluding hydrogens is 383 g/mol. The van der Waals surface area contributed by atoms with E-state index in [1.54, 1.807) is 7.11 Å². The Hall–Kier alpha value is -1.42. The summed E-state index contributed by atoms with van der Waals surface area (Å²) in [6, 6.07) is 5.94. The van der Waals surface area contributed by atoms with Crippen molar-refractivity contribution in [1.29, 1.82) is 0 Å². The number of nitrogens with zero attached hydrogens (tertiary/aromatic N) is 4. The van der Waals surface area contributed by atoms with E-state index in [4.69, 9.17) is 10.5 Å². The minimum absolute atomic E-state index is 0. The number of nitrogens with one attached hydrogen (secondary N) is 1. The lowest BCUT2D eigenvalue weighted by Crippen LogP contribution is -2.40. The van der Waals surface area contributed by atoms with Crippen molar-refractivity contribution in [2.75, 3.05) is 20.3 Å². The minimum atomic E-state index is 0. The van der Waals surface area contributed by atoms with Gasteiger partial charge in [0.05, 0.1) is 6.61 Å². The molecule has 0 aliphatic heterocycles. The van der Waals surface area contributed by atoms with Gasteiger partial charge in [0, 0.05) is 32.3 Å². The van der Waals surface area contributed by atoms with E-state index in [2.05, 4.69) is 20.5 Å². The largest absolute Gasteiger partial charge is 0.383 e. The van der Waals surface area contributed by atoms with Crippen LogP contribution in [0, 0.1) is 0 Å². The van der Waals surface area contributed by atoms with E-state index in [9.17, 15) is 0 Å². The van der Waals surface area contributed by atoms with Crippen LogP contribution in [0.2, 0.25) is 0 Å². The Labute approximate surface area is 141 Å². The summed E-state index contributed by atoms with van der Waals surface area (Å²) in [5, 5.41) is 11.3. The van der Waals surface area contributed by atoms with Crippen LogP contribution in [0.25, 0.3) is 5.65 Å². The molecule has 1 unspecified atom stereocenters. The van der Waals surface area contributed by atoms with E-state index >= 15 is 0 Å². The van der Waals surface area contributed by atoms with E-state index in [0.717, 1.165) is 11.5 Å². The molecule has 0 spiro atoms. The molecule has 0 bridgehead atoms. The Morgan fingerprint density at radius 3 is 3.05 bits per heavy atom. The lowest BCUT2D eigenvalue weighted by atomic mass is 10.4. The summed E-state index contributed by atoms with van der Waals surface area (Å²) in [6.45, 7) is 3.14. The lowest BCUT2D eigenvalue weighted by Gasteiger charge is -2.12.